The number of carbonyl (C=O) groups is 1. The highest BCUT2D eigenvalue weighted by Crippen LogP contribution is 2.30. The summed E-state index contributed by atoms with van der Waals surface area (Å²) in [6.45, 7) is 10.9. The van der Waals surface area contributed by atoms with E-state index in [1.54, 1.807) is 44.8 Å². The van der Waals surface area contributed by atoms with Gasteiger partial charge < -0.3 is 9.47 Å². The first-order chi connectivity index (χ1) is 16.2. The van der Waals surface area contributed by atoms with Gasteiger partial charge in [0.2, 0.25) is 5.95 Å². The third-order valence-corrected chi connectivity index (χ3v) is 5.31. The van der Waals surface area contributed by atoms with Gasteiger partial charge in [0.05, 0.1) is 24.3 Å². The number of halogens is 1. The summed E-state index contributed by atoms with van der Waals surface area (Å²) in [7, 11) is 1.79. The SMILES string of the molecule is CCN(c1ncc2c(-c3ccc(NC(=O)OC(C)(C)C)c(F)c3)nn(C)c2n1)N1CCOCC1. The summed E-state index contributed by atoms with van der Waals surface area (Å²) >= 11 is 0. The van der Waals surface area contributed by atoms with Gasteiger partial charge in [-0.05, 0) is 39.8 Å². The van der Waals surface area contributed by atoms with Crippen LogP contribution in [0.1, 0.15) is 27.7 Å². The molecule has 4 rings (SSSR count). The van der Waals surface area contributed by atoms with Crippen molar-refractivity contribution >= 4 is 28.8 Å². The Morgan fingerprint density at radius 3 is 2.68 bits per heavy atom. The highest BCUT2D eigenvalue weighted by atomic mass is 19.1. The third-order valence-electron chi connectivity index (χ3n) is 5.31. The molecule has 0 bridgehead atoms. The number of aryl methyl sites for hydroxylation is 1. The fourth-order valence-electron chi connectivity index (χ4n) is 3.81. The molecule has 182 valence electrons. The minimum absolute atomic E-state index is 0.0286. The fraction of sp³-hybridized carbons (Fsp3) is 0.478. The van der Waals surface area contributed by atoms with E-state index in [1.807, 2.05) is 11.9 Å². The quantitative estimate of drug-likeness (QED) is 0.603. The molecule has 11 heteroatoms. The number of hydrogen-bond acceptors (Lipinski definition) is 8. The van der Waals surface area contributed by atoms with Crippen molar-refractivity contribution in [2.45, 2.75) is 33.3 Å². The van der Waals surface area contributed by atoms with Crippen LogP contribution in [0.5, 0.6) is 0 Å². The summed E-state index contributed by atoms with van der Waals surface area (Å²) in [5.41, 5.74) is 1.10. The lowest BCUT2D eigenvalue weighted by Gasteiger charge is -2.36. The Kier molecular flexibility index (Phi) is 6.67. The van der Waals surface area contributed by atoms with Gasteiger partial charge in [-0.3, -0.25) is 10.3 Å². The molecule has 0 saturated carbocycles. The van der Waals surface area contributed by atoms with E-state index >= 15 is 0 Å². The van der Waals surface area contributed by atoms with Crippen LogP contribution >= 0.6 is 0 Å². The molecule has 34 heavy (non-hydrogen) atoms. The fourth-order valence-corrected chi connectivity index (χ4v) is 3.81. The number of carbonyl (C=O) groups excluding carboxylic acids is 1. The molecule has 1 amide bonds. The number of hydrazine groups is 1. The van der Waals surface area contributed by atoms with Crippen LogP contribution in [0.3, 0.4) is 0 Å². The average molecular weight is 472 g/mol. The normalized spacial score (nSPS) is 14.9. The van der Waals surface area contributed by atoms with Crippen LogP contribution in [-0.4, -0.2) is 69.3 Å². The Hall–Kier alpha value is -3.31. The molecule has 0 aliphatic carbocycles. The van der Waals surface area contributed by atoms with Crippen LogP contribution in [0.4, 0.5) is 20.8 Å². The minimum atomic E-state index is -0.718. The minimum Gasteiger partial charge on any atom is -0.444 e. The smallest absolute Gasteiger partial charge is 0.412 e. The molecule has 2 aromatic heterocycles. The lowest BCUT2D eigenvalue weighted by molar-refractivity contribution is 0.0314. The van der Waals surface area contributed by atoms with Gasteiger partial charge in [0, 0.05) is 38.4 Å². The standard InChI is InChI=1S/C23H30FN7O3/c1-6-31(30-9-11-33-12-10-30)21-25-14-16-19(28-29(5)20(16)27-21)15-7-8-18(17(24)13-15)26-22(32)34-23(2,3)4/h7-8,13-14H,6,9-12H2,1-5H3,(H,26,32). The van der Waals surface area contributed by atoms with Crippen LogP contribution in [-0.2, 0) is 16.5 Å². The van der Waals surface area contributed by atoms with Crippen molar-refractivity contribution < 1.29 is 18.7 Å². The average Bonchev–Trinajstić information content (AvgIpc) is 3.11. The van der Waals surface area contributed by atoms with E-state index in [1.165, 1.54) is 12.1 Å². The van der Waals surface area contributed by atoms with Gasteiger partial charge in [0.1, 0.15) is 17.1 Å². The summed E-state index contributed by atoms with van der Waals surface area (Å²) in [4.78, 5) is 21.3. The molecule has 0 spiro atoms. The summed E-state index contributed by atoms with van der Waals surface area (Å²) in [6.07, 6.45) is 0.998. The van der Waals surface area contributed by atoms with Crippen molar-refractivity contribution in [3.8, 4) is 11.3 Å². The summed E-state index contributed by atoms with van der Waals surface area (Å²) in [5.74, 6) is -0.0151. The number of hydrogen-bond donors (Lipinski definition) is 1. The largest absolute Gasteiger partial charge is 0.444 e. The van der Waals surface area contributed by atoms with E-state index in [9.17, 15) is 9.18 Å². The molecule has 10 nitrogen and oxygen atoms in total. The number of amides is 1. The van der Waals surface area contributed by atoms with E-state index in [-0.39, 0.29) is 5.69 Å². The summed E-state index contributed by atoms with van der Waals surface area (Å²) in [5, 5.41) is 11.9. The predicted octanol–water partition coefficient (Wildman–Crippen LogP) is 3.59. The lowest BCUT2D eigenvalue weighted by Crippen LogP contribution is -2.49. The Labute approximate surface area is 197 Å². The number of rotatable bonds is 5. The van der Waals surface area contributed by atoms with Gasteiger partial charge in [0.25, 0.3) is 0 Å². The maximum Gasteiger partial charge on any atom is 0.412 e. The van der Waals surface area contributed by atoms with Crippen LogP contribution < -0.4 is 10.3 Å². The Morgan fingerprint density at radius 2 is 2.03 bits per heavy atom. The molecular formula is C23H30FN7O3. The van der Waals surface area contributed by atoms with Crippen molar-refractivity contribution in [3.05, 3.63) is 30.2 Å². The molecule has 1 aromatic carbocycles. The second-order valence-electron chi connectivity index (χ2n) is 8.98. The predicted molar refractivity (Wildman–Crippen MR) is 127 cm³/mol. The number of fused-ring (bicyclic) bond motifs is 1. The number of nitrogens with zero attached hydrogens (tertiary/aromatic N) is 6. The van der Waals surface area contributed by atoms with Crippen LogP contribution in [0, 0.1) is 5.82 Å². The molecular weight excluding hydrogens is 441 g/mol. The van der Waals surface area contributed by atoms with Crippen molar-refractivity contribution in [2.75, 3.05) is 43.2 Å². The molecule has 3 aromatic rings. The first-order valence-electron chi connectivity index (χ1n) is 11.3. The van der Waals surface area contributed by atoms with E-state index in [0.717, 1.165) is 13.1 Å². The number of ether oxygens (including phenoxy) is 2. The summed E-state index contributed by atoms with van der Waals surface area (Å²) < 4.78 is 27.1. The van der Waals surface area contributed by atoms with Crippen molar-refractivity contribution in [3.63, 3.8) is 0 Å². The Morgan fingerprint density at radius 1 is 1.29 bits per heavy atom. The van der Waals surface area contributed by atoms with E-state index in [0.29, 0.717) is 48.0 Å². The second-order valence-corrected chi connectivity index (χ2v) is 8.98. The topological polar surface area (TPSA) is 97.6 Å². The zero-order chi connectivity index (χ0) is 24.5. The monoisotopic (exact) mass is 471 g/mol. The Bertz CT molecular complexity index is 1190. The maximum absolute atomic E-state index is 14.8. The van der Waals surface area contributed by atoms with Crippen LogP contribution in [0.25, 0.3) is 22.3 Å². The lowest BCUT2D eigenvalue weighted by atomic mass is 10.1. The van der Waals surface area contributed by atoms with E-state index in [4.69, 9.17) is 14.5 Å². The van der Waals surface area contributed by atoms with Crippen molar-refractivity contribution in [1.29, 1.82) is 0 Å². The molecule has 0 radical (unpaired) electrons. The molecule has 1 fully saturated rings. The number of nitrogens with one attached hydrogen (secondary N) is 1. The first-order valence-corrected chi connectivity index (χ1v) is 11.3. The molecule has 3 heterocycles. The number of aromatic nitrogens is 4. The van der Waals surface area contributed by atoms with Crippen LogP contribution in [0.2, 0.25) is 0 Å². The third kappa shape index (κ3) is 5.10. The number of anilines is 2. The van der Waals surface area contributed by atoms with E-state index < -0.39 is 17.5 Å². The highest BCUT2D eigenvalue weighted by Gasteiger charge is 2.22. The van der Waals surface area contributed by atoms with Gasteiger partial charge in [-0.2, -0.15) is 10.1 Å². The molecule has 1 saturated heterocycles. The zero-order valence-corrected chi connectivity index (χ0v) is 20.1. The number of benzene rings is 1. The second kappa shape index (κ2) is 9.51. The molecule has 0 unspecified atom stereocenters. The first kappa shape index (κ1) is 23.8. The zero-order valence-electron chi connectivity index (χ0n) is 20.1. The molecule has 1 aliphatic rings. The van der Waals surface area contributed by atoms with Gasteiger partial charge in [-0.1, -0.05) is 6.07 Å². The van der Waals surface area contributed by atoms with Crippen LogP contribution in [0.15, 0.2) is 24.4 Å². The molecule has 1 aliphatic heterocycles. The molecule has 0 atom stereocenters. The number of morpholine rings is 1. The van der Waals surface area contributed by atoms with Gasteiger partial charge in [0.15, 0.2) is 5.65 Å². The van der Waals surface area contributed by atoms with Crippen molar-refractivity contribution in [1.82, 2.24) is 24.8 Å². The van der Waals surface area contributed by atoms with Crippen molar-refractivity contribution in [2.24, 2.45) is 7.05 Å². The molecule has 1 N–H and O–H groups in total. The maximum atomic E-state index is 14.8. The van der Waals surface area contributed by atoms with Gasteiger partial charge in [-0.25, -0.2) is 23.9 Å². The van der Waals surface area contributed by atoms with Gasteiger partial charge >= 0.3 is 6.09 Å². The highest BCUT2D eigenvalue weighted by molar-refractivity contribution is 5.92. The van der Waals surface area contributed by atoms with Gasteiger partial charge in [-0.15, -0.1) is 0 Å². The Balaban J connectivity index is 1.61. The van der Waals surface area contributed by atoms with E-state index in [2.05, 4.69) is 20.4 Å². The summed E-state index contributed by atoms with van der Waals surface area (Å²) in [6, 6.07) is 4.51.